The SMILES string of the molecule is Cc1cc(C2CCOC2)oc(=O)c1C(=O)Nc1ccc2c(c1)COC2. The summed E-state index contributed by atoms with van der Waals surface area (Å²) in [5.41, 5.74) is 2.86. The van der Waals surface area contributed by atoms with Crippen molar-refractivity contribution in [3.8, 4) is 0 Å². The van der Waals surface area contributed by atoms with Gasteiger partial charge in [0.15, 0.2) is 0 Å². The van der Waals surface area contributed by atoms with Gasteiger partial charge in [-0.1, -0.05) is 6.07 Å². The van der Waals surface area contributed by atoms with Gasteiger partial charge in [0.05, 0.1) is 19.8 Å². The van der Waals surface area contributed by atoms with Crippen molar-refractivity contribution in [2.24, 2.45) is 0 Å². The number of fused-ring (bicyclic) bond motifs is 1. The zero-order valence-electron chi connectivity index (χ0n) is 14.0. The number of hydrogen-bond donors (Lipinski definition) is 1. The van der Waals surface area contributed by atoms with Gasteiger partial charge in [0, 0.05) is 18.2 Å². The van der Waals surface area contributed by atoms with Crippen LogP contribution in [0.1, 0.15) is 45.1 Å². The highest BCUT2D eigenvalue weighted by Gasteiger charge is 2.24. The van der Waals surface area contributed by atoms with E-state index in [1.54, 1.807) is 13.0 Å². The van der Waals surface area contributed by atoms with Crippen LogP contribution in [-0.4, -0.2) is 19.1 Å². The van der Waals surface area contributed by atoms with E-state index in [4.69, 9.17) is 13.9 Å². The van der Waals surface area contributed by atoms with E-state index in [-0.39, 0.29) is 11.5 Å². The molecule has 25 heavy (non-hydrogen) atoms. The van der Waals surface area contributed by atoms with E-state index in [0.717, 1.165) is 17.5 Å². The summed E-state index contributed by atoms with van der Waals surface area (Å²) in [4.78, 5) is 24.9. The van der Waals surface area contributed by atoms with E-state index in [9.17, 15) is 9.59 Å². The Balaban J connectivity index is 1.58. The molecule has 1 aromatic heterocycles. The van der Waals surface area contributed by atoms with Gasteiger partial charge in [-0.05, 0) is 48.2 Å². The van der Waals surface area contributed by atoms with Gasteiger partial charge in [-0.3, -0.25) is 4.79 Å². The molecular formula is C19H19NO5. The third-order valence-corrected chi connectivity index (χ3v) is 4.71. The summed E-state index contributed by atoms with van der Waals surface area (Å²) in [5, 5.41) is 2.78. The lowest BCUT2D eigenvalue weighted by molar-refractivity contribution is 0.102. The van der Waals surface area contributed by atoms with Gasteiger partial charge >= 0.3 is 5.63 Å². The molecule has 130 valence electrons. The predicted octanol–water partition coefficient (Wildman–Crippen LogP) is 2.73. The van der Waals surface area contributed by atoms with Crippen LogP contribution in [0.15, 0.2) is 33.5 Å². The molecule has 1 atom stereocenters. The van der Waals surface area contributed by atoms with Gasteiger partial charge in [0.2, 0.25) is 0 Å². The smallest absolute Gasteiger partial charge is 0.349 e. The number of carbonyl (C=O) groups excluding carboxylic acids is 1. The Labute approximate surface area is 144 Å². The molecule has 1 fully saturated rings. The molecule has 1 N–H and O–H groups in total. The van der Waals surface area contributed by atoms with Crippen molar-refractivity contribution in [1.29, 1.82) is 0 Å². The first-order valence-electron chi connectivity index (χ1n) is 8.35. The van der Waals surface area contributed by atoms with Gasteiger partial charge in [-0.2, -0.15) is 0 Å². The number of hydrogen-bond acceptors (Lipinski definition) is 5. The number of rotatable bonds is 3. The van der Waals surface area contributed by atoms with Crippen LogP contribution in [0.2, 0.25) is 0 Å². The van der Waals surface area contributed by atoms with Crippen LogP contribution in [0.3, 0.4) is 0 Å². The summed E-state index contributed by atoms with van der Waals surface area (Å²) in [5.74, 6) is 0.214. The molecule has 3 heterocycles. The third-order valence-electron chi connectivity index (χ3n) is 4.71. The second kappa shape index (κ2) is 6.46. The van der Waals surface area contributed by atoms with Gasteiger partial charge in [0.25, 0.3) is 5.91 Å². The Morgan fingerprint density at radius 2 is 2.00 bits per heavy atom. The monoisotopic (exact) mass is 341 g/mol. The minimum absolute atomic E-state index is 0.0411. The Kier molecular flexibility index (Phi) is 4.15. The van der Waals surface area contributed by atoms with Crippen LogP contribution in [0.5, 0.6) is 0 Å². The normalized spacial score (nSPS) is 19.0. The molecule has 0 saturated carbocycles. The zero-order valence-corrected chi connectivity index (χ0v) is 14.0. The molecule has 1 unspecified atom stereocenters. The third kappa shape index (κ3) is 3.10. The lowest BCUT2D eigenvalue weighted by Crippen LogP contribution is -2.23. The van der Waals surface area contributed by atoms with E-state index < -0.39 is 11.5 Å². The van der Waals surface area contributed by atoms with E-state index in [1.165, 1.54) is 0 Å². The van der Waals surface area contributed by atoms with Crippen LogP contribution < -0.4 is 10.9 Å². The van der Waals surface area contributed by atoms with Crippen LogP contribution in [-0.2, 0) is 22.7 Å². The van der Waals surface area contributed by atoms with Crippen molar-refractivity contribution < 1.29 is 18.7 Å². The molecule has 2 aliphatic rings. The average molecular weight is 341 g/mol. The molecule has 6 nitrogen and oxygen atoms in total. The number of nitrogens with one attached hydrogen (secondary N) is 1. The van der Waals surface area contributed by atoms with Crippen molar-refractivity contribution in [2.75, 3.05) is 18.5 Å². The first-order valence-corrected chi connectivity index (χ1v) is 8.35. The van der Waals surface area contributed by atoms with Gasteiger partial charge in [-0.15, -0.1) is 0 Å². The van der Waals surface area contributed by atoms with E-state index >= 15 is 0 Å². The summed E-state index contributed by atoms with van der Waals surface area (Å²) in [6.07, 6.45) is 0.825. The standard InChI is InChI=1S/C19H19NO5/c1-11-6-16(13-4-5-23-9-13)25-19(22)17(11)18(21)20-15-3-2-12-8-24-10-14(12)7-15/h2-3,6-7,13H,4-5,8-10H2,1H3,(H,20,21). The van der Waals surface area contributed by atoms with Crippen molar-refractivity contribution >= 4 is 11.6 Å². The highest BCUT2D eigenvalue weighted by Crippen LogP contribution is 2.26. The molecular weight excluding hydrogens is 322 g/mol. The predicted molar refractivity (Wildman–Crippen MR) is 90.8 cm³/mol. The number of aryl methyl sites for hydroxylation is 1. The lowest BCUT2D eigenvalue weighted by atomic mass is 10.0. The summed E-state index contributed by atoms with van der Waals surface area (Å²) in [6.45, 7) is 4.10. The van der Waals surface area contributed by atoms with Crippen LogP contribution >= 0.6 is 0 Å². The van der Waals surface area contributed by atoms with E-state index in [1.807, 2.05) is 18.2 Å². The zero-order chi connectivity index (χ0) is 17.4. The molecule has 0 spiro atoms. The van der Waals surface area contributed by atoms with Crippen LogP contribution in [0, 0.1) is 6.92 Å². The largest absolute Gasteiger partial charge is 0.427 e. The Bertz CT molecular complexity index is 880. The minimum Gasteiger partial charge on any atom is -0.427 e. The molecule has 1 aromatic carbocycles. The molecule has 0 bridgehead atoms. The quantitative estimate of drug-likeness (QED) is 0.929. The second-order valence-corrected chi connectivity index (χ2v) is 6.49. The van der Waals surface area contributed by atoms with Crippen LogP contribution in [0.25, 0.3) is 0 Å². The number of carbonyl (C=O) groups is 1. The lowest BCUT2D eigenvalue weighted by Gasteiger charge is -2.11. The fraction of sp³-hybridized carbons (Fsp3) is 0.368. The summed E-state index contributed by atoms with van der Waals surface area (Å²) >= 11 is 0. The Hall–Kier alpha value is -2.44. The highest BCUT2D eigenvalue weighted by atomic mass is 16.5. The van der Waals surface area contributed by atoms with Gasteiger partial charge < -0.3 is 19.2 Å². The summed E-state index contributed by atoms with van der Waals surface area (Å²) in [7, 11) is 0. The maximum atomic E-state index is 12.6. The van der Waals surface area contributed by atoms with Crippen molar-refractivity contribution in [3.63, 3.8) is 0 Å². The van der Waals surface area contributed by atoms with Crippen molar-refractivity contribution in [3.05, 3.63) is 62.7 Å². The Morgan fingerprint density at radius 3 is 2.76 bits per heavy atom. The molecule has 4 rings (SSSR count). The van der Waals surface area contributed by atoms with Crippen molar-refractivity contribution in [2.45, 2.75) is 32.5 Å². The molecule has 2 aromatic rings. The molecule has 0 radical (unpaired) electrons. The topological polar surface area (TPSA) is 77.8 Å². The summed E-state index contributed by atoms with van der Waals surface area (Å²) < 4.78 is 16.1. The molecule has 2 aliphatic heterocycles. The van der Waals surface area contributed by atoms with Gasteiger partial charge in [0.1, 0.15) is 11.3 Å². The Morgan fingerprint density at radius 1 is 1.16 bits per heavy atom. The first kappa shape index (κ1) is 16.1. The minimum atomic E-state index is -0.608. The number of benzene rings is 1. The summed E-state index contributed by atoms with van der Waals surface area (Å²) in [6, 6.07) is 7.39. The van der Waals surface area contributed by atoms with Crippen molar-refractivity contribution in [1.82, 2.24) is 0 Å². The van der Waals surface area contributed by atoms with Gasteiger partial charge in [-0.25, -0.2) is 4.79 Å². The second-order valence-electron chi connectivity index (χ2n) is 6.49. The molecule has 6 heteroatoms. The molecule has 0 aliphatic carbocycles. The van der Waals surface area contributed by atoms with E-state index in [2.05, 4.69) is 5.32 Å². The fourth-order valence-corrected chi connectivity index (χ4v) is 3.31. The highest BCUT2D eigenvalue weighted by molar-refractivity contribution is 6.04. The maximum absolute atomic E-state index is 12.6. The van der Waals surface area contributed by atoms with Crippen LogP contribution in [0.4, 0.5) is 5.69 Å². The first-order chi connectivity index (χ1) is 12.1. The molecule has 1 amide bonds. The maximum Gasteiger partial charge on any atom is 0.349 e. The number of amides is 1. The molecule has 1 saturated heterocycles. The van der Waals surface area contributed by atoms with E-state index in [0.29, 0.717) is 43.4 Å². The number of anilines is 1. The average Bonchev–Trinajstić information content (AvgIpc) is 3.25. The fourth-order valence-electron chi connectivity index (χ4n) is 3.31. The number of ether oxygens (including phenoxy) is 2.